The maximum Gasteiger partial charge on any atom is 0.128 e. The molecule has 3 heteroatoms. The van der Waals surface area contributed by atoms with Crippen molar-refractivity contribution in [3.63, 3.8) is 0 Å². The van der Waals surface area contributed by atoms with Crippen molar-refractivity contribution in [3.8, 4) is 0 Å². The molecule has 1 aliphatic rings. The molecule has 3 nitrogen and oxygen atoms in total. The van der Waals surface area contributed by atoms with Crippen LogP contribution in [-0.4, -0.2) is 23.6 Å². The van der Waals surface area contributed by atoms with Gasteiger partial charge in [-0.25, -0.2) is 4.98 Å². The van der Waals surface area contributed by atoms with E-state index in [1.54, 1.807) is 0 Å². The fraction of sp³-hybridized carbons (Fsp3) is 0.667. The van der Waals surface area contributed by atoms with Gasteiger partial charge in [0.2, 0.25) is 0 Å². The van der Waals surface area contributed by atoms with E-state index in [2.05, 4.69) is 35.9 Å². The van der Waals surface area contributed by atoms with E-state index in [0.717, 1.165) is 31.2 Å². The highest BCUT2D eigenvalue weighted by Gasteiger charge is 2.29. The molecule has 18 heavy (non-hydrogen) atoms. The first-order valence-corrected chi connectivity index (χ1v) is 7.21. The minimum atomic E-state index is 0.257. The Labute approximate surface area is 110 Å². The van der Waals surface area contributed by atoms with E-state index in [1.165, 1.54) is 24.8 Å². The summed E-state index contributed by atoms with van der Waals surface area (Å²) in [5, 5.41) is 0. The predicted octanol–water partition coefficient (Wildman–Crippen LogP) is 2.74. The molecule has 1 saturated carbocycles. The zero-order valence-corrected chi connectivity index (χ0v) is 11.6. The quantitative estimate of drug-likeness (QED) is 0.805. The van der Waals surface area contributed by atoms with Crippen molar-refractivity contribution in [2.45, 2.75) is 58.0 Å². The van der Waals surface area contributed by atoms with Crippen LogP contribution in [0.1, 0.15) is 45.1 Å². The molecule has 100 valence electrons. The second-order valence-electron chi connectivity index (χ2n) is 5.32. The van der Waals surface area contributed by atoms with Crippen molar-refractivity contribution in [1.82, 2.24) is 4.98 Å². The Balaban J connectivity index is 2.01. The van der Waals surface area contributed by atoms with Crippen LogP contribution in [0.2, 0.25) is 0 Å². The minimum Gasteiger partial charge on any atom is -0.354 e. The summed E-state index contributed by atoms with van der Waals surface area (Å²) in [6.07, 6.45) is 7.78. The minimum absolute atomic E-state index is 0.257. The molecule has 1 unspecified atom stereocenters. The molecule has 0 aromatic carbocycles. The van der Waals surface area contributed by atoms with Gasteiger partial charge in [0, 0.05) is 24.8 Å². The Hall–Kier alpha value is -1.09. The van der Waals surface area contributed by atoms with Crippen LogP contribution >= 0.6 is 0 Å². The second kappa shape index (κ2) is 6.19. The molecule has 0 saturated heterocycles. The summed E-state index contributed by atoms with van der Waals surface area (Å²) in [5.41, 5.74) is 7.22. The molecule has 0 bridgehead atoms. The molecule has 1 aliphatic carbocycles. The molecule has 1 atom stereocenters. The lowest BCUT2D eigenvalue weighted by Gasteiger charge is -2.23. The van der Waals surface area contributed by atoms with Crippen LogP contribution in [0.15, 0.2) is 18.3 Å². The van der Waals surface area contributed by atoms with Crippen LogP contribution in [0.25, 0.3) is 0 Å². The first-order valence-electron chi connectivity index (χ1n) is 7.21. The molecule has 0 radical (unpaired) electrons. The molecule has 1 aromatic heterocycles. The molecule has 2 N–H and O–H groups in total. The highest BCUT2D eigenvalue weighted by Crippen LogP contribution is 2.30. The lowest BCUT2D eigenvalue weighted by Crippen LogP contribution is -2.27. The monoisotopic (exact) mass is 247 g/mol. The van der Waals surface area contributed by atoms with Crippen LogP contribution in [0.3, 0.4) is 0 Å². The van der Waals surface area contributed by atoms with Crippen LogP contribution < -0.4 is 10.6 Å². The number of hydrogen-bond donors (Lipinski definition) is 1. The van der Waals surface area contributed by atoms with Crippen LogP contribution in [-0.2, 0) is 6.42 Å². The standard InChI is InChI=1S/C15H25N3/c1-3-9-18(14-6-7-14)15-8-5-12(11-17-15)10-13(16)4-2/h5,8,11,13-14H,3-4,6-7,9-10,16H2,1-2H3. The van der Waals surface area contributed by atoms with E-state index >= 15 is 0 Å². The SMILES string of the molecule is CCCN(c1ccc(CC(N)CC)cn1)C1CC1. The first-order chi connectivity index (χ1) is 8.74. The van der Waals surface area contributed by atoms with Crippen molar-refractivity contribution in [2.75, 3.05) is 11.4 Å². The maximum absolute atomic E-state index is 5.97. The van der Waals surface area contributed by atoms with Crippen molar-refractivity contribution >= 4 is 5.82 Å². The molecule has 0 spiro atoms. The average Bonchev–Trinajstić information content (AvgIpc) is 3.21. The number of anilines is 1. The Kier molecular flexibility index (Phi) is 4.59. The van der Waals surface area contributed by atoms with Gasteiger partial charge in [0.1, 0.15) is 5.82 Å². The number of rotatable bonds is 7. The van der Waals surface area contributed by atoms with Gasteiger partial charge in [0.05, 0.1) is 0 Å². The molecule has 0 amide bonds. The molecular formula is C15H25N3. The van der Waals surface area contributed by atoms with E-state index in [0.29, 0.717) is 0 Å². The van der Waals surface area contributed by atoms with Gasteiger partial charge >= 0.3 is 0 Å². The van der Waals surface area contributed by atoms with E-state index in [-0.39, 0.29) is 6.04 Å². The molecular weight excluding hydrogens is 222 g/mol. The second-order valence-corrected chi connectivity index (χ2v) is 5.32. The van der Waals surface area contributed by atoms with Crippen LogP contribution in [0.4, 0.5) is 5.82 Å². The van der Waals surface area contributed by atoms with Gasteiger partial charge in [0.25, 0.3) is 0 Å². The largest absolute Gasteiger partial charge is 0.354 e. The van der Waals surface area contributed by atoms with Crippen molar-refractivity contribution in [3.05, 3.63) is 23.9 Å². The Morgan fingerprint density at radius 1 is 1.39 bits per heavy atom. The summed E-state index contributed by atoms with van der Waals surface area (Å²) in [5.74, 6) is 1.13. The van der Waals surface area contributed by atoms with E-state index in [9.17, 15) is 0 Å². The third-order valence-corrected chi connectivity index (χ3v) is 3.58. The third kappa shape index (κ3) is 3.45. The lowest BCUT2D eigenvalue weighted by molar-refractivity contribution is 0.644. The van der Waals surface area contributed by atoms with Crippen molar-refractivity contribution in [2.24, 2.45) is 5.73 Å². The topological polar surface area (TPSA) is 42.1 Å². The van der Waals surface area contributed by atoms with Gasteiger partial charge in [-0.15, -0.1) is 0 Å². The Bertz CT molecular complexity index is 357. The van der Waals surface area contributed by atoms with Gasteiger partial charge in [-0.3, -0.25) is 0 Å². The third-order valence-electron chi connectivity index (χ3n) is 3.58. The summed E-state index contributed by atoms with van der Waals surface area (Å²) in [6.45, 7) is 5.47. The zero-order valence-electron chi connectivity index (χ0n) is 11.6. The van der Waals surface area contributed by atoms with Gasteiger partial charge in [-0.1, -0.05) is 19.9 Å². The van der Waals surface area contributed by atoms with Gasteiger partial charge in [0.15, 0.2) is 0 Å². The van der Waals surface area contributed by atoms with Crippen molar-refractivity contribution in [1.29, 1.82) is 0 Å². The molecule has 1 aromatic rings. The summed E-state index contributed by atoms with van der Waals surface area (Å²) >= 11 is 0. The van der Waals surface area contributed by atoms with Crippen LogP contribution in [0, 0.1) is 0 Å². The van der Waals surface area contributed by atoms with E-state index < -0.39 is 0 Å². The number of pyridine rings is 1. The summed E-state index contributed by atoms with van der Waals surface area (Å²) in [6, 6.07) is 5.34. The molecule has 2 rings (SSSR count). The normalized spacial score (nSPS) is 16.6. The Morgan fingerprint density at radius 2 is 2.17 bits per heavy atom. The lowest BCUT2D eigenvalue weighted by atomic mass is 10.1. The highest BCUT2D eigenvalue weighted by atomic mass is 15.2. The number of nitrogens with two attached hydrogens (primary N) is 1. The fourth-order valence-electron chi connectivity index (χ4n) is 2.27. The van der Waals surface area contributed by atoms with Gasteiger partial charge < -0.3 is 10.6 Å². The molecule has 1 fully saturated rings. The zero-order chi connectivity index (χ0) is 13.0. The summed E-state index contributed by atoms with van der Waals surface area (Å²) in [4.78, 5) is 7.06. The number of aromatic nitrogens is 1. The predicted molar refractivity (Wildman–Crippen MR) is 76.9 cm³/mol. The highest BCUT2D eigenvalue weighted by molar-refractivity contribution is 5.42. The number of hydrogen-bond acceptors (Lipinski definition) is 3. The van der Waals surface area contributed by atoms with E-state index in [1.807, 2.05) is 6.20 Å². The molecule has 1 heterocycles. The average molecular weight is 247 g/mol. The summed E-state index contributed by atoms with van der Waals surface area (Å²) in [7, 11) is 0. The molecule has 0 aliphatic heterocycles. The van der Waals surface area contributed by atoms with Crippen molar-refractivity contribution < 1.29 is 0 Å². The maximum atomic E-state index is 5.97. The fourth-order valence-corrected chi connectivity index (χ4v) is 2.27. The smallest absolute Gasteiger partial charge is 0.128 e. The van der Waals surface area contributed by atoms with E-state index in [4.69, 9.17) is 5.73 Å². The van der Waals surface area contributed by atoms with Gasteiger partial charge in [-0.05, 0) is 43.7 Å². The number of nitrogens with zero attached hydrogens (tertiary/aromatic N) is 2. The summed E-state index contributed by atoms with van der Waals surface area (Å²) < 4.78 is 0. The van der Waals surface area contributed by atoms with Crippen LogP contribution in [0.5, 0.6) is 0 Å². The first kappa shape index (κ1) is 13.3. The Morgan fingerprint density at radius 3 is 2.67 bits per heavy atom. The van der Waals surface area contributed by atoms with Gasteiger partial charge in [-0.2, -0.15) is 0 Å².